The molecule has 6 aromatic rings. The van der Waals surface area contributed by atoms with E-state index in [1.54, 1.807) is 0 Å². The monoisotopic (exact) mass is 1390 g/mol. The zero-order chi connectivity index (χ0) is 70.5. The number of phenolic OH excluding ortho intramolecular Hbond substituents is 2. The van der Waals surface area contributed by atoms with Crippen molar-refractivity contribution in [3.63, 3.8) is 0 Å². The topological polar surface area (TPSA) is 444 Å². The van der Waals surface area contributed by atoms with Crippen molar-refractivity contribution in [3.05, 3.63) is 149 Å². The summed E-state index contributed by atoms with van der Waals surface area (Å²) in [7, 11) is 0. The van der Waals surface area contributed by atoms with Crippen LogP contribution in [0.15, 0.2) is 110 Å². The van der Waals surface area contributed by atoms with Crippen LogP contribution in [0, 0.1) is 5.82 Å². The summed E-state index contributed by atoms with van der Waals surface area (Å²) in [4.78, 5) is 167. The summed E-state index contributed by atoms with van der Waals surface area (Å²) in [6, 6.07) is 12.0. The van der Waals surface area contributed by atoms with Crippen molar-refractivity contribution in [3.8, 4) is 11.5 Å². The minimum atomic E-state index is -2.02. The number of nitrogens with zero attached hydrogens (tertiary/aromatic N) is 2. The molecule has 31 heteroatoms. The summed E-state index contributed by atoms with van der Waals surface area (Å²) in [6.07, 6.45) is 3.21. The van der Waals surface area contributed by atoms with Crippen LogP contribution >= 0.6 is 23.5 Å². The molecule has 2 aliphatic heterocycles. The quantitative estimate of drug-likeness (QED) is 0.0644. The molecule has 522 valence electrons. The molecular weight excluding hydrogens is 1310 g/mol. The maximum atomic E-state index is 15.2. The van der Waals surface area contributed by atoms with Crippen LogP contribution in [-0.4, -0.2) is 179 Å². The lowest BCUT2D eigenvalue weighted by atomic mass is 9.95. The number of H-pyrrole nitrogens is 2. The Balaban J connectivity index is 1.13. The molecule has 1 fully saturated rings. The number of benzene rings is 4. The number of aromatic hydroxyl groups is 2. The molecule has 0 spiro atoms. The van der Waals surface area contributed by atoms with E-state index in [0.717, 1.165) is 11.1 Å². The predicted molar refractivity (Wildman–Crippen MR) is 361 cm³/mol. The summed E-state index contributed by atoms with van der Waals surface area (Å²) in [5, 5.41) is 51.9. The smallest absolute Gasteiger partial charge is 0.305 e. The average molecular weight is 1390 g/mol. The molecule has 1 saturated heterocycles. The Morgan fingerprint density at radius 2 is 1.28 bits per heavy atom. The Kier molecular flexibility index (Phi) is 26.6. The number of unbranched alkanes of at least 4 members (excludes halogenated alkanes) is 1. The fraction of sp³-hybridized carbons (Fsp3) is 0.403. The molecule has 98 heavy (non-hydrogen) atoms. The van der Waals surface area contributed by atoms with Crippen molar-refractivity contribution in [1.29, 1.82) is 0 Å². The molecule has 17 N–H and O–H groups in total. The van der Waals surface area contributed by atoms with Gasteiger partial charge in [0.2, 0.25) is 59.1 Å². The number of rotatable bonds is 15. The molecule has 0 radical (unpaired) electrons. The van der Waals surface area contributed by atoms with Crippen LogP contribution in [0.4, 0.5) is 4.39 Å². The molecule has 8 rings (SSSR count). The first kappa shape index (κ1) is 73.8. The number of thioether (sulfide) groups is 2. The lowest BCUT2D eigenvalue weighted by Crippen LogP contribution is -2.63. The van der Waals surface area contributed by atoms with Crippen molar-refractivity contribution in [2.75, 3.05) is 31.1 Å². The molecule has 4 heterocycles. The highest BCUT2D eigenvalue weighted by atomic mass is 32.2. The number of nitrogens with one attached hydrogen (secondary N) is 10. The second-order valence-corrected chi connectivity index (χ2v) is 26.4. The van der Waals surface area contributed by atoms with Gasteiger partial charge in [0.15, 0.2) is 0 Å². The highest BCUT2D eigenvalue weighted by molar-refractivity contribution is 7.98. The molecule has 4 aromatic carbocycles. The minimum Gasteiger partial charge on any atom is -0.508 e. The molecule has 8 atom stereocenters. The predicted octanol–water partition coefficient (Wildman–Crippen LogP) is 1.26. The summed E-state index contributed by atoms with van der Waals surface area (Å²) in [6.45, 7) is 1.14. The third-order valence-corrected chi connectivity index (χ3v) is 18.9. The number of carboxylic acid groups (broad SMARTS) is 1. The van der Waals surface area contributed by atoms with Gasteiger partial charge < -0.3 is 84.2 Å². The summed E-state index contributed by atoms with van der Waals surface area (Å²) in [5.41, 5.74) is 13.7. The van der Waals surface area contributed by atoms with Gasteiger partial charge in [-0.3, -0.25) is 52.7 Å². The van der Waals surface area contributed by atoms with Gasteiger partial charge in [-0.05, 0) is 116 Å². The van der Waals surface area contributed by atoms with Crippen molar-refractivity contribution >= 4 is 99.5 Å². The van der Waals surface area contributed by atoms with E-state index in [9.17, 15) is 67.7 Å². The molecular formula is C67H81FN14O14S2. The van der Waals surface area contributed by atoms with Gasteiger partial charge in [-0.2, -0.15) is 23.5 Å². The van der Waals surface area contributed by atoms with E-state index in [1.165, 1.54) is 121 Å². The molecule has 0 aliphatic carbocycles. The van der Waals surface area contributed by atoms with E-state index in [0.29, 0.717) is 59.7 Å². The Labute approximate surface area is 571 Å². The highest BCUT2D eigenvalue weighted by Crippen LogP contribution is 2.32. The van der Waals surface area contributed by atoms with Gasteiger partial charge in [-0.15, -0.1) is 0 Å². The Hall–Kier alpha value is -10.0. The number of primary amides is 1. The Bertz CT molecular complexity index is 3830. The van der Waals surface area contributed by atoms with Crippen molar-refractivity contribution in [2.45, 2.75) is 137 Å². The van der Waals surface area contributed by atoms with E-state index >= 15 is 4.79 Å². The van der Waals surface area contributed by atoms with E-state index in [4.69, 9.17) is 11.5 Å². The first-order valence-electron chi connectivity index (χ1n) is 31.9. The van der Waals surface area contributed by atoms with Crippen molar-refractivity contribution in [1.82, 2.24) is 62.4 Å². The number of halogens is 1. The van der Waals surface area contributed by atoms with Crippen molar-refractivity contribution < 1.29 is 72.4 Å². The number of carboxylic acids is 1. The molecule has 10 amide bonds. The van der Waals surface area contributed by atoms with Crippen LogP contribution in [0.2, 0.25) is 0 Å². The number of phenols is 2. The molecule has 0 unspecified atom stereocenters. The third-order valence-electron chi connectivity index (χ3n) is 16.8. The van der Waals surface area contributed by atoms with E-state index < -0.39 is 138 Å². The molecule has 28 nitrogen and oxygen atoms in total. The normalized spacial score (nSPS) is 22.9. The standard InChI is InChI=1S/C67H81FN14O14S2/c1-67-20-5-22-82(67)65(95)54(26-39-11-16-46(84)17-12-39)80-63(93)52(29-44-32-71-37-74-44)78-64(94)53(30-58(87)88)79-62(92)51(27-42-31-72-48-18-13-43(68)28-47(42)48)77-61(91)50(25-38-9-14-45(83)15-10-38)76-57(86)33-73-60(90)49(8-2-3-21-69)75-56(85)19-23-97-34-40-6-4-7-41(24-40)35-98-36-55(59(70)89)81-66(67)96/h4,6-7,9-18,24,28,31-32,37,49-55,72,83-84H,2-3,5,8,19-23,25-27,29-30,33-36,69H2,1H3,(H2,70,89)(H,71,74)(H,73,90)(H,75,85)(H,76,86)(H,77,91)(H,78,94)(H,79,92)(H,80,93)(H,81,96)(H,87,88)/t49-,50-,51-,52-,53-,54-,55+,67-/m0/s1. The minimum absolute atomic E-state index is 0.0221. The van der Waals surface area contributed by atoms with E-state index in [1.807, 2.05) is 24.3 Å². The maximum absolute atomic E-state index is 15.2. The van der Waals surface area contributed by atoms with E-state index in [-0.39, 0.29) is 79.0 Å². The van der Waals surface area contributed by atoms with Gasteiger partial charge >= 0.3 is 5.97 Å². The van der Waals surface area contributed by atoms with Gasteiger partial charge in [0.1, 0.15) is 65.1 Å². The molecule has 2 aliphatic rings. The zero-order valence-electron chi connectivity index (χ0n) is 53.7. The number of amides is 10. The molecule has 0 saturated carbocycles. The SMILES string of the molecule is C[C@@]12CCCN1C(=O)[C@H](Cc1ccc(O)cc1)NC(=O)[C@H](Cc1cnc[nH]1)NC(=O)[C@H](CC(=O)O)NC(=O)[C@H](Cc1c[nH]c3ccc(F)cc13)NC(=O)[C@H](Cc1ccc(O)cc1)NC(=O)CNC(=O)[C@H](CCCCN)NC(=O)CCSCc1cccc(c1)CSC[C@H](C(N)=O)NC2=O. The largest absolute Gasteiger partial charge is 0.508 e. The highest BCUT2D eigenvalue weighted by Gasteiger charge is 2.48. The summed E-state index contributed by atoms with van der Waals surface area (Å²) < 4.78 is 14.9. The van der Waals surface area contributed by atoms with Gasteiger partial charge in [0.25, 0.3) is 0 Å². The van der Waals surface area contributed by atoms with Gasteiger partial charge in [0.05, 0.1) is 19.3 Å². The Morgan fingerprint density at radius 1 is 0.673 bits per heavy atom. The second-order valence-electron chi connectivity index (χ2n) is 24.2. The fourth-order valence-corrected chi connectivity index (χ4v) is 13.4. The summed E-state index contributed by atoms with van der Waals surface area (Å²) in [5.74, 6) is -9.94. The first-order valence-corrected chi connectivity index (χ1v) is 34.2. The number of hydrogen-bond donors (Lipinski definition) is 15. The number of fused-ring (bicyclic) bond motifs is 4. The number of carbonyl (C=O) groups is 11. The van der Waals surface area contributed by atoms with Crippen LogP contribution in [-0.2, 0) is 89.9 Å². The maximum Gasteiger partial charge on any atom is 0.305 e. The van der Waals surface area contributed by atoms with Gasteiger partial charge in [-0.25, -0.2) is 9.37 Å². The average Bonchev–Trinajstić information content (AvgIpc) is 1.66. The number of nitrogens with two attached hydrogens (primary N) is 2. The lowest BCUT2D eigenvalue weighted by Gasteiger charge is -2.37. The number of aliphatic carboxylic acids is 1. The van der Waals surface area contributed by atoms with Crippen LogP contribution in [0.5, 0.6) is 11.5 Å². The Morgan fingerprint density at radius 3 is 1.91 bits per heavy atom. The van der Waals surface area contributed by atoms with E-state index in [2.05, 4.69) is 57.5 Å². The van der Waals surface area contributed by atoms with Gasteiger partial charge in [-0.1, -0.05) is 48.5 Å². The van der Waals surface area contributed by atoms with Crippen LogP contribution in [0.25, 0.3) is 10.9 Å². The lowest BCUT2D eigenvalue weighted by molar-refractivity contribution is -0.147. The number of aromatic nitrogens is 3. The third kappa shape index (κ3) is 21.2. The number of carbonyl (C=O) groups excluding carboxylic acids is 10. The number of aromatic amines is 2. The summed E-state index contributed by atoms with van der Waals surface area (Å²) >= 11 is 2.80. The molecule has 2 bridgehead atoms. The second kappa shape index (κ2) is 35.3. The first-order chi connectivity index (χ1) is 46.9. The molecule has 2 aromatic heterocycles. The zero-order valence-corrected chi connectivity index (χ0v) is 55.4. The fourth-order valence-electron chi connectivity index (χ4n) is 11.5. The number of hydrogen-bond acceptors (Lipinski definition) is 17. The van der Waals surface area contributed by atoms with Crippen LogP contribution in [0.1, 0.15) is 85.4 Å². The van der Waals surface area contributed by atoms with Crippen LogP contribution < -0.4 is 54.0 Å². The van der Waals surface area contributed by atoms with Crippen LogP contribution in [0.3, 0.4) is 0 Å². The van der Waals surface area contributed by atoms with Crippen molar-refractivity contribution in [2.24, 2.45) is 11.5 Å². The van der Waals surface area contributed by atoms with Gasteiger partial charge in [0, 0.05) is 90.7 Å². The number of imidazole rings is 1.